The van der Waals surface area contributed by atoms with Gasteiger partial charge in [0, 0.05) is 31.5 Å². The van der Waals surface area contributed by atoms with Crippen molar-refractivity contribution in [3.05, 3.63) is 18.1 Å². The SMILES string of the molecule is CCNCC1CCCCN1c1nccnc1C. The van der Waals surface area contributed by atoms with Gasteiger partial charge in [0.1, 0.15) is 5.82 Å². The average molecular weight is 234 g/mol. The van der Waals surface area contributed by atoms with Gasteiger partial charge in [-0.05, 0) is 32.7 Å². The number of hydrogen-bond donors (Lipinski definition) is 1. The molecule has 1 aliphatic rings. The summed E-state index contributed by atoms with van der Waals surface area (Å²) in [6.45, 7) is 7.38. The lowest BCUT2D eigenvalue weighted by Crippen LogP contribution is -2.46. The molecule has 4 heteroatoms. The van der Waals surface area contributed by atoms with Crippen molar-refractivity contribution in [3.63, 3.8) is 0 Å². The molecule has 1 atom stereocenters. The van der Waals surface area contributed by atoms with Gasteiger partial charge in [0.2, 0.25) is 0 Å². The molecule has 1 fully saturated rings. The highest BCUT2D eigenvalue weighted by molar-refractivity contribution is 5.44. The summed E-state index contributed by atoms with van der Waals surface area (Å²) in [5.41, 5.74) is 1.04. The zero-order valence-corrected chi connectivity index (χ0v) is 10.8. The van der Waals surface area contributed by atoms with E-state index in [1.54, 1.807) is 12.4 Å². The molecule has 0 radical (unpaired) electrons. The molecule has 0 amide bonds. The summed E-state index contributed by atoms with van der Waals surface area (Å²) in [6.07, 6.45) is 7.40. The highest BCUT2D eigenvalue weighted by atomic mass is 15.2. The molecule has 2 rings (SSSR count). The summed E-state index contributed by atoms with van der Waals surface area (Å²) < 4.78 is 0. The van der Waals surface area contributed by atoms with Crippen LogP contribution < -0.4 is 10.2 Å². The Morgan fingerprint density at radius 1 is 1.35 bits per heavy atom. The number of nitrogens with one attached hydrogen (secondary N) is 1. The average Bonchev–Trinajstić information content (AvgIpc) is 2.37. The number of likely N-dealkylation sites (N-methyl/N-ethyl adjacent to an activating group) is 1. The molecule has 1 N–H and O–H groups in total. The number of aryl methyl sites for hydroxylation is 1. The standard InChI is InChI=1S/C13H22N4/c1-3-14-10-12-6-4-5-9-17(12)13-11(2)15-7-8-16-13/h7-8,12,14H,3-6,9-10H2,1-2H3. The van der Waals surface area contributed by atoms with Crippen LogP contribution in [0.15, 0.2) is 12.4 Å². The van der Waals surface area contributed by atoms with Gasteiger partial charge in [-0.2, -0.15) is 0 Å². The number of nitrogens with zero attached hydrogens (tertiary/aromatic N) is 3. The van der Waals surface area contributed by atoms with Crippen LogP contribution >= 0.6 is 0 Å². The largest absolute Gasteiger partial charge is 0.351 e. The van der Waals surface area contributed by atoms with Gasteiger partial charge in [-0.25, -0.2) is 4.98 Å². The molecule has 0 bridgehead atoms. The van der Waals surface area contributed by atoms with Crippen molar-refractivity contribution in [2.45, 2.75) is 39.2 Å². The molecule has 1 aromatic heterocycles. The maximum atomic E-state index is 4.50. The Balaban J connectivity index is 2.13. The minimum atomic E-state index is 0.569. The van der Waals surface area contributed by atoms with E-state index in [-0.39, 0.29) is 0 Å². The predicted molar refractivity (Wildman–Crippen MR) is 70.3 cm³/mol. The summed E-state index contributed by atoms with van der Waals surface area (Å²) in [5.74, 6) is 1.06. The van der Waals surface area contributed by atoms with Gasteiger partial charge in [0.25, 0.3) is 0 Å². The minimum absolute atomic E-state index is 0.569. The number of piperidine rings is 1. The number of aromatic nitrogens is 2. The highest BCUT2D eigenvalue weighted by Crippen LogP contribution is 2.24. The molecule has 1 aliphatic heterocycles. The quantitative estimate of drug-likeness (QED) is 0.862. The van der Waals surface area contributed by atoms with Crippen molar-refractivity contribution in [3.8, 4) is 0 Å². The van der Waals surface area contributed by atoms with E-state index in [4.69, 9.17) is 0 Å². The van der Waals surface area contributed by atoms with E-state index in [1.165, 1.54) is 19.3 Å². The first-order chi connectivity index (χ1) is 8.33. The Bertz CT molecular complexity index is 353. The maximum absolute atomic E-state index is 4.50. The first kappa shape index (κ1) is 12.3. The lowest BCUT2D eigenvalue weighted by molar-refractivity contribution is 0.435. The molecule has 2 heterocycles. The van der Waals surface area contributed by atoms with E-state index in [0.29, 0.717) is 6.04 Å². The topological polar surface area (TPSA) is 41.0 Å². The predicted octanol–water partition coefficient (Wildman–Crippen LogP) is 1.75. The smallest absolute Gasteiger partial charge is 0.150 e. The molecule has 17 heavy (non-hydrogen) atoms. The van der Waals surface area contributed by atoms with Gasteiger partial charge in [-0.3, -0.25) is 4.98 Å². The van der Waals surface area contributed by atoms with E-state index in [9.17, 15) is 0 Å². The van der Waals surface area contributed by atoms with E-state index >= 15 is 0 Å². The molecular weight excluding hydrogens is 212 g/mol. The summed E-state index contributed by atoms with van der Waals surface area (Å²) in [7, 11) is 0. The van der Waals surface area contributed by atoms with Gasteiger partial charge in [-0.15, -0.1) is 0 Å². The van der Waals surface area contributed by atoms with Crippen LogP contribution in [-0.4, -0.2) is 35.6 Å². The number of hydrogen-bond acceptors (Lipinski definition) is 4. The molecule has 1 unspecified atom stereocenters. The third-order valence-corrected chi connectivity index (χ3v) is 3.38. The van der Waals surface area contributed by atoms with Crippen molar-refractivity contribution in [2.75, 3.05) is 24.5 Å². The van der Waals surface area contributed by atoms with Crippen molar-refractivity contribution in [1.82, 2.24) is 15.3 Å². The van der Waals surface area contributed by atoms with Crippen molar-refractivity contribution in [1.29, 1.82) is 0 Å². The minimum Gasteiger partial charge on any atom is -0.351 e. The van der Waals surface area contributed by atoms with Crippen molar-refractivity contribution >= 4 is 5.82 Å². The van der Waals surface area contributed by atoms with Crippen molar-refractivity contribution in [2.24, 2.45) is 0 Å². The second-order valence-corrected chi connectivity index (χ2v) is 4.62. The molecule has 0 aromatic carbocycles. The Kier molecular flexibility index (Phi) is 4.31. The monoisotopic (exact) mass is 234 g/mol. The van der Waals surface area contributed by atoms with Crippen LogP contribution in [0.1, 0.15) is 31.9 Å². The number of rotatable bonds is 4. The van der Waals surface area contributed by atoms with Gasteiger partial charge in [0.15, 0.2) is 0 Å². The Morgan fingerprint density at radius 2 is 2.18 bits per heavy atom. The summed E-state index contributed by atoms with van der Waals surface area (Å²) in [5, 5.41) is 3.45. The second kappa shape index (κ2) is 5.96. The van der Waals surface area contributed by atoms with E-state index < -0.39 is 0 Å². The number of anilines is 1. The van der Waals surface area contributed by atoms with E-state index in [0.717, 1.165) is 31.1 Å². The maximum Gasteiger partial charge on any atom is 0.150 e. The van der Waals surface area contributed by atoms with Crippen molar-refractivity contribution < 1.29 is 0 Å². The molecule has 0 saturated carbocycles. The Labute approximate surface area is 103 Å². The third kappa shape index (κ3) is 2.94. The summed E-state index contributed by atoms with van der Waals surface area (Å²) in [6, 6.07) is 0.569. The summed E-state index contributed by atoms with van der Waals surface area (Å²) >= 11 is 0. The molecule has 0 spiro atoms. The first-order valence-corrected chi connectivity index (χ1v) is 6.58. The fourth-order valence-corrected chi connectivity index (χ4v) is 2.48. The fourth-order valence-electron chi connectivity index (χ4n) is 2.48. The Morgan fingerprint density at radius 3 is 2.94 bits per heavy atom. The van der Waals surface area contributed by atoms with E-state index in [1.807, 2.05) is 6.92 Å². The highest BCUT2D eigenvalue weighted by Gasteiger charge is 2.24. The molecule has 4 nitrogen and oxygen atoms in total. The van der Waals surface area contributed by atoms with Gasteiger partial charge < -0.3 is 10.2 Å². The van der Waals surface area contributed by atoms with Crippen LogP contribution in [0.3, 0.4) is 0 Å². The zero-order valence-electron chi connectivity index (χ0n) is 10.8. The van der Waals surface area contributed by atoms with Crippen LogP contribution in [0, 0.1) is 6.92 Å². The van der Waals surface area contributed by atoms with Crippen LogP contribution in [0.2, 0.25) is 0 Å². The lowest BCUT2D eigenvalue weighted by atomic mass is 10.0. The molecule has 1 saturated heterocycles. The molecular formula is C13H22N4. The zero-order chi connectivity index (χ0) is 12.1. The lowest BCUT2D eigenvalue weighted by Gasteiger charge is -2.37. The van der Waals surface area contributed by atoms with Crippen LogP contribution in [0.25, 0.3) is 0 Å². The van der Waals surface area contributed by atoms with Crippen LogP contribution in [-0.2, 0) is 0 Å². The molecule has 1 aromatic rings. The fraction of sp³-hybridized carbons (Fsp3) is 0.692. The van der Waals surface area contributed by atoms with Crippen LogP contribution in [0.5, 0.6) is 0 Å². The van der Waals surface area contributed by atoms with Gasteiger partial charge in [0.05, 0.1) is 5.69 Å². The Hall–Kier alpha value is -1.16. The second-order valence-electron chi connectivity index (χ2n) is 4.62. The normalized spacial score (nSPS) is 20.6. The van der Waals surface area contributed by atoms with E-state index in [2.05, 4.69) is 27.1 Å². The summed E-state index contributed by atoms with van der Waals surface area (Å²) in [4.78, 5) is 11.3. The molecule has 94 valence electrons. The molecule has 0 aliphatic carbocycles. The first-order valence-electron chi connectivity index (χ1n) is 6.58. The van der Waals surface area contributed by atoms with Gasteiger partial charge in [-0.1, -0.05) is 6.92 Å². The van der Waals surface area contributed by atoms with Crippen LogP contribution in [0.4, 0.5) is 5.82 Å². The third-order valence-electron chi connectivity index (χ3n) is 3.38. The van der Waals surface area contributed by atoms with Gasteiger partial charge >= 0.3 is 0 Å².